The third-order valence-corrected chi connectivity index (χ3v) is 45.7. The molecule has 0 aliphatic carbocycles. The molecule has 6 nitrogen and oxygen atoms in total. The first-order chi connectivity index (χ1) is 70.1. The van der Waals surface area contributed by atoms with Gasteiger partial charge in [0, 0.05) is 133 Å². The maximum atomic E-state index is 10.2. The number of H-pyrrole nitrogens is 1. The summed E-state index contributed by atoms with van der Waals surface area (Å²) < 4.78 is 11.7. The summed E-state index contributed by atoms with van der Waals surface area (Å²) in [4.78, 5) is 12.6. The van der Waals surface area contributed by atoms with Crippen molar-refractivity contribution < 1.29 is 58.6 Å². The number of aromatic hydroxyl groups is 1. The smallest absolute Gasteiger partial charge is 0.231 e. The molecule has 0 bridgehead atoms. The number of fused-ring (bicyclic) bond motifs is 24. The number of aryl methyl sites for hydroxylation is 20. The number of pyridine rings is 1. The molecule has 13 heteroatoms. The van der Waals surface area contributed by atoms with Crippen LogP contribution in [0.5, 0.6) is 17.2 Å². The van der Waals surface area contributed by atoms with Crippen LogP contribution in [0, 0.1) is 183 Å². The number of hydrogen-bond donors (Lipinski definition) is 2. The zero-order valence-corrected chi connectivity index (χ0v) is 97.0. The van der Waals surface area contributed by atoms with Crippen LogP contribution in [-0.2, 0) is 0 Å². The molecule has 146 heavy (non-hydrogen) atoms. The number of ether oxygens (including phenoxy) is 2. The molecular weight excluding hydrogens is 2100 g/mol. The predicted octanol–water partition coefficient (Wildman–Crippen LogP) is 41.8. The Morgan fingerprint density at radius 1 is 0.212 bits per heavy atom. The van der Waals surface area contributed by atoms with Crippen LogP contribution in [0.3, 0.4) is 0 Å². The summed E-state index contributed by atoms with van der Waals surface area (Å²) in [6, 6.07) is 119. The second-order valence-corrected chi connectivity index (χ2v) is 53.1. The van der Waals surface area contributed by atoms with Crippen LogP contribution in [-0.4, -0.2) is 26.9 Å². The molecular formula is C133H119AcN3O3P6. The molecule has 0 saturated carbocycles. The van der Waals surface area contributed by atoms with Crippen LogP contribution in [0.4, 0.5) is 0 Å². The number of rotatable bonds is 6. The summed E-state index contributed by atoms with van der Waals surface area (Å²) in [6.45, 7) is 44.2. The number of benzene rings is 18. The minimum Gasteiger partial charge on any atom is -0.508 e. The van der Waals surface area contributed by atoms with Crippen molar-refractivity contribution in [1.82, 2.24) is 15.0 Å². The summed E-state index contributed by atoms with van der Waals surface area (Å²) in [6.07, 6.45) is 3.72. The quantitative estimate of drug-likeness (QED) is 0.173. The van der Waals surface area contributed by atoms with E-state index in [9.17, 15) is 5.11 Å². The van der Waals surface area contributed by atoms with Crippen LogP contribution in [0.2, 0.25) is 0 Å². The van der Waals surface area contributed by atoms with Crippen molar-refractivity contribution in [1.29, 1.82) is 0 Å². The molecule has 18 aromatic carbocycles. The fourth-order valence-electron chi connectivity index (χ4n) is 21.8. The van der Waals surface area contributed by atoms with Crippen molar-refractivity contribution in [3.05, 3.63) is 445 Å². The molecule has 27 rings (SSSR count). The molecule has 9 heterocycles. The minimum absolute atomic E-state index is 0. The van der Waals surface area contributed by atoms with E-state index in [0.29, 0.717) is 12.5 Å². The number of imidazole rings is 1. The van der Waals surface area contributed by atoms with Crippen molar-refractivity contribution in [2.75, 3.05) is 6.79 Å². The number of hydrogen-bond acceptors (Lipinski definition) is 5. The van der Waals surface area contributed by atoms with E-state index in [0.717, 1.165) is 33.7 Å². The maximum Gasteiger partial charge on any atom is 0.231 e. The molecule has 0 fully saturated rings. The second kappa shape index (κ2) is 40.6. The fourth-order valence-corrected chi connectivity index (χ4v) is 38.5. The van der Waals surface area contributed by atoms with Gasteiger partial charge in [-0.15, -0.1) is 0 Å². The van der Waals surface area contributed by atoms with Crippen molar-refractivity contribution in [2.45, 2.75) is 138 Å². The molecule has 0 saturated heterocycles. The SMILES string of the molecule is Cc1cc2c3c4[nH]cnc4c(C)cc3p(-c3ccccc3)c2cc1C.Cc1cc2c3c4c(c(C)cc3p(-c3ccccc3)c2cc1C)OCO4.Cc1cc2c3c4cccnc4c(C)cc3p(-c3ccccc3)c2cc1C.Cc1cc2c3cc(C)c(C)cc3p(-c3ccccc3)c2cc1C.Cc1cc2c3cc(C)c(C)cc3p(-c3ccccc3)c2cc1C.Cc1cc2c3cc(O)c(C)cc3p(-c3ccccc3)c2cc1C.[Ac]. The minimum atomic E-state index is -0.559. The van der Waals surface area contributed by atoms with Gasteiger partial charge in [-0.1, -0.05) is 282 Å². The third kappa shape index (κ3) is 17.8. The fraction of sp³-hybridized carbons (Fsp3) is 0.158. The Morgan fingerprint density at radius 3 is 0.788 bits per heavy atom. The van der Waals surface area contributed by atoms with Gasteiger partial charge in [0.1, 0.15) is 5.75 Å². The molecule has 2 N–H and O–H groups in total. The van der Waals surface area contributed by atoms with Gasteiger partial charge in [-0.3, -0.25) is 4.98 Å². The zero-order chi connectivity index (χ0) is 101. The van der Waals surface area contributed by atoms with Gasteiger partial charge < -0.3 is 19.6 Å². The van der Waals surface area contributed by atoms with Crippen LogP contribution in [0.15, 0.2) is 334 Å². The molecule has 1 aliphatic rings. The Hall–Kier alpha value is -12.5. The van der Waals surface area contributed by atoms with E-state index >= 15 is 0 Å². The molecule has 26 aromatic rings. The van der Waals surface area contributed by atoms with E-state index in [1.165, 1.54) is 269 Å². The van der Waals surface area contributed by atoms with E-state index in [1.54, 1.807) is 0 Å². The van der Waals surface area contributed by atoms with Gasteiger partial charge in [0.15, 0.2) is 11.5 Å². The summed E-state index contributed by atoms with van der Waals surface area (Å²) >= 11 is 0. The number of nitrogens with zero attached hydrogens (tertiary/aromatic N) is 2. The number of aromatic amines is 1. The van der Waals surface area contributed by atoms with Crippen molar-refractivity contribution in [3.8, 4) is 49.1 Å². The Bertz CT molecular complexity index is 9100. The number of nitrogens with one attached hydrogen (secondary N) is 1. The Kier molecular flexibility index (Phi) is 27.7. The van der Waals surface area contributed by atoms with Crippen molar-refractivity contribution in [3.63, 3.8) is 0 Å². The largest absolute Gasteiger partial charge is 0.508 e. The Morgan fingerprint density at radius 2 is 0.452 bits per heavy atom. The maximum absolute atomic E-state index is 10.2. The molecule has 1 aliphatic heterocycles. The Balaban J connectivity index is 0.000000103. The molecule has 1 radical (unpaired) electrons. The normalized spacial score (nSPS) is 12.2. The average molecular weight is 2220 g/mol. The van der Waals surface area contributed by atoms with E-state index in [1.807, 2.05) is 25.5 Å². The van der Waals surface area contributed by atoms with Gasteiger partial charge in [0.25, 0.3) is 0 Å². The van der Waals surface area contributed by atoms with Crippen LogP contribution in [0.1, 0.15) is 111 Å². The van der Waals surface area contributed by atoms with E-state index < -0.39 is 45.2 Å². The first kappa shape index (κ1) is 99.5. The van der Waals surface area contributed by atoms with Gasteiger partial charge in [0.2, 0.25) is 6.79 Å². The van der Waals surface area contributed by atoms with Crippen molar-refractivity contribution in [2.24, 2.45) is 0 Å². The summed E-state index contributed by atoms with van der Waals surface area (Å²) in [5, 5.41) is 53.9. The van der Waals surface area contributed by atoms with E-state index in [-0.39, 0.29) is 44.1 Å². The zero-order valence-electron chi connectivity index (χ0n) is 86.9. The van der Waals surface area contributed by atoms with E-state index in [4.69, 9.17) is 9.47 Å². The first-order valence-electron chi connectivity index (χ1n) is 50.3. The van der Waals surface area contributed by atoms with Gasteiger partial charge in [0.05, 0.1) is 22.9 Å². The molecule has 8 aromatic heterocycles. The van der Waals surface area contributed by atoms with Gasteiger partial charge in [-0.05, 0) is 415 Å². The third-order valence-electron chi connectivity index (χ3n) is 30.6. The van der Waals surface area contributed by atoms with Gasteiger partial charge in [-0.2, -0.15) is 0 Å². The van der Waals surface area contributed by atoms with Crippen LogP contribution < -0.4 is 9.47 Å². The monoisotopic (exact) mass is 2220 g/mol. The second-order valence-electron chi connectivity index (χ2n) is 40.2. The topological polar surface area (TPSA) is 80.3 Å². The molecule has 0 amide bonds. The van der Waals surface area contributed by atoms with Crippen LogP contribution >= 0.6 is 45.2 Å². The number of aromatic nitrogens is 3. The molecule has 717 valence electrons. The van der Waals surface area contributed by atoms with Crippen molar-refractivity contribution >= 4 is 193 Å². The summed E-state index contributed by atoms with van der Waals surface area (Å²) in [5.41, 5.74) is 29.9. The average Bonchev–Trinajstić information content (AvgIpc) is 1.54. The molecule has 4 atom stereocenters. The van der Waals surface area contributed by atoms with Crippen LogP contribution in [0.25, 0.3) is 180 Å². The predicted molar refractivity (Wildman–Crippen MR) is 640 cm³/mol. The summed E-state index contributed by atoms with van der Waals surface area (Å²) in [5.74, 6) is 2.23. The van der Waals surface area contributed by atoms with Gasteiger partial charge >= 0.3 is 0 Å². The first-order valence-corrected chi connectivity index (χ1v) is 58.3. The molecule has 4 unspecified atom stereocenters. The number of phenolic OH excluding ortho intramolecular Hbond substituents is 1. The standard InChI is InChI=1S/C24H20NP.C22H19N2P.C22H19O2P.2C22H21P.C21H19OP.Ac/c1-15-12-20-21(13-16(15)2)26(18-8-5-4-6-9-18)22-14-17(3)24-19(23(20)22)10-7-11-25-24;2*1-13-9-17-18(10-14(13)2)25(16-7-5-4-6-8-16)19-11-15(3)21-22(20(17)19)24-12-23-21;2*1-14-10-19-20-11-15(2)17(4)13-22(20)23(21(19)12-16(14)3)18-8-6-5-7-9-18;1-13-9-17-18-12-19(22)15(3)11-21(18)23(20(17)10-14(13)2)16-7-5-4-6-8-16;/h4-14H,1-3H3;4-12H,1-3H3,(H,23,24);4-11H,12H2,1-3H3;2*5-13H,1-4H3;4-12,22H,1-3H3;. The van der Waals surface area contributed by atoms with E-state index in [2.05, 4.69) is 462 Å². The Labute approximate surface area is 897 Å². The molecule has 0 spiro atoms. The number of phenols is 1. The van der Waals surface area contributed by atoms with Gasteiger partial charge in [-0.25, -0.2) is 4.98 Å². The summed E-state index contributed by atoms with van der Waals surface area (Å²) in [7, 11) is -2.99.